The highest BCUT2D eigenvalue weighted by Crippen LogP contribution is 2.25. The molecule has 23 heavy (non-hydrogen) atoms. The minimum absolute atomic E-state index is 0.548. The average molecular weight is 326 g/mol. The van der Waals surface area contributed by atoms with Gasteiger partial charge in [-0.2, -0.15) is 0 Å². The maximum absolute atomic E-state index is 3.47. The predicted molar refractivity (Wildman–Crippen MR) is 103 cm³/mol. The molecule has 0 amide bonds. The van der Waals surface area contributed by atoms with Gasteiger partial charge in [0.05, 0.1) is 0 Å². The van der Waals surface area contributed by atoms with E-state index >= 15 is 0 Å². The van der Waals surface area contributed by atoms with Gasteiger partial charge in [0.15, 0.2) is 0 Å². The zero-order valence-electron chi connectivity index (χ0n) is 16.6. The molecule has 0 aromatic carbocycles. The Hall–Kier alpha value is -0.120. The lowest BCUT2D eigenvalue weighted by atomic mass is 9.83. The Morgan fingerprint density at radius 3 is 1.78 bits per heavy atom. The molecule has 2 N–H and O–H groups in total. The molecule has 3 nitrogen and oxygen atoms in total. The molecule has 3 rings (SSSR count). The summed E-state index contributed by atoms with van der Waals surface area (Å²) >= 11 is 0. The molecule has 3 heterocycles. The SMILES string of the molecule is CC1CCC(C)(C)CN1.CC1CCCN1.CN1CCCCCC1. The summed E-state index contributed by atoms with van der Waals surface area (Å²) in [4.78, 5) is 2.42. The minimum Gasteiger partial charge on any atom is -0.314 e. The van der Waals surface area contributed by atoms with Crippen LogP contribution >= 0.6 is 0 Å². The van der Waals surface area contributed by atoms with Crippen molar-refractivity contribution in [3.05, 3.63) is 0 Å². The van der Waals surface area contributed by atoms with Gasteiger partial charge in [-0.25, -0.2) is 0 Å². The molecule has 2 unspecified atom stereocenters. The average Bonchev–Trinajstić information content (AvgIpc) is 2.86. The number of rotatable bonds is 0. The summed E-state index contributed by atoms with van der Waals surface area (Å²) in [6, 6.07) is 1.54. The summed E-state index contributed by atoms with van der Waals surface area (Å²) in [6.07, 6.45) is 11.2. The van der Waals surface area contributed by atoms with E-state index in [1.807, 2.05) is 0 Å². The second kappa shape index (κ2) is 11.4. The topological polar surface area (TPSA) is 27.3 Å². The Balaban J connectivity index is 0.000000176. The summed E-state index contributed by atoms with van der Waals surface area (Å²) < 4.78 is 0. The van der Waals surface area contributed by atoms with Crippen LogP contribution in [-0.4, -0.2) is 50.2 Å². The summed E-state index contributed by atoms with van der Waals surface area (Å²) in [5.74, 6) is 0. The van der Waals surface area contributed by atoms with E-state index in [0.717, 1.165) is 12.1 Å². The van der Waals surface area contributed by atoms with Gasteiger partial charge in [-0.05, 0) is 84.5 Å². The van der Waals surface area contributed by atoms with Crippen molar-refractivity contribution in [1.29, 1.82) is 0 Å². The first-order chi connectivity index (χ1) is 10.9. The maximum Gasteiger partial charge on any atom is 0.00391 e. The number of nitrogens with one attached hydrogen (secondary N) is 2. The maximum atomic E-state index is 3.47. The van der Waals surface area contributed by atoms with E-state index in [0.29, 0.717) is 5.41 Å². The van der Waals surface area contributed by atoms with Crippen molar-refractivity contribution in [3.63, 3.8) is 0 Å². The van der Waals surface area contributed by atoms with Gasteiger partial charge in [0.1, 0.15) is 0 Å². The molecular weight excluding hydrogens is 282 g/mol. The lowest BCUT2D eigenvalue weighted by Gasteiger charge is -2.33. The summed E-state index contributed by atoms with van der Waals surface area (Å²) in [7, 11) is 2.21. The van der Waals surface area contributed by atoms with Gasteiger partial charge in [-0.15, -0.1) is 0 Å². The van der Waals surface area contributed by atoms with Crippen LogP contribution in [0.25, 0.3) is 0 Å². The van der Waals surface area contributed by atoms with Gasteiger partial charge in [0, 0.05) is 18.6 Å². The van der Waals surface area contributed by atoms with Crippen molar-refractivity contribution in [2.24, 2.45) is 5.41 Å². The van der Waals surface area contributed by atoms with Crippen LogP contribution in [0.2, 0.25) is 0 Å². The molecule has 3 heteroatoms. The van der Waals surface area contributed by atoms with Crippen LogP contribution in [0.1, 0.15) is 79.1 Å². The number of likely N-dealkylation sites (tertiary alicyclic amines) is 1. The number of hydrogen-bond donors (Lipinski definition) is 2. The predicted octanol–water partition coefficient (Wildman–Crippen LogP) is 4.04. The molecule has 0 aromatic heterocycles. The summed E-state index contributed by atoms with van der Waals surface area (Å²) in [6.45, 7) is 14.2. The second-order valence-corrected chi connectivity index (χ2v) is 8.70. The molecule has 3 aliphatic rings. The Bertz CT molecular complexity index is 267. The van der Waals surface area contributed by atoms with Gasteiger partial charge in [0.25, 0.3) is 0 Å². The highest BCUT2D eigenvalue weighted by atomic mass is 15.1. The Morgan fingerprint density at radius 2 is 1.43 bits per heavy atom. The summed E-state index contributed by atoms with van der Waals surface area (Å²) in [5, 5.41) is 6.79. The first kappa shape index (κ1) is 20.9. The van der Waals surface area contributed by atoms with Gasteiger partial charge in [-0.1, -0.05) is 26.7 Å². The molecule has 3 saturated heterocycles. The van der Waals surface area contributed by atoms with Gasteiger partial charge in [0.2, 0.25) is 0 Å². The molecule has 3 fully saturated rings. The molecule has 0 bridgehead atoms. The van der Waals surface area contributed by atoms with Crippen molar-refractivity contribution >= 4 is 0 Å². The zero-order valence-corrected chi connectivity index (χ0v) is 16.6. The zero-order chi connectivity index (χ0) is 17.1. The lowest BCUT2D eigenvalue weighted by Crippen LogP contribution is -2.41. The van der Waals surface area contributed by atoms with E-state index in [-0.39, 0.29) is 0 Å². The fourth-order valence-corrected chi connectivity index (χ4v) is 3.34. The molecule has 0 radical (unpaired) electrons. The number of nitrogens with zero attached hydrogens (tertiary/aromatic N) is 1. The minimum atomic E-state index is 0.548. The van der Waals surface area contributed by atoms with Crippen LogP contribution in [0.4, 0.5) is 0 Å². The lowest BCUT2D eigenvalue weighted by molar-refractivity contribution is 0.230. The number of piperidine rings is 1. The van der Waals surface area contributed by atoms with Crippen LogP contribution in [-0.2, 0) is 0 Å². The van der Waals surface area contributed by atoms with Crippen LogP contribution in [0, 0.1) is 5.41 Å². The number of hydrogen-bond acceptors (Lipinski definition) is 3. The highest BCUT2D eigenvalue weighted by Gasteiger charge is 2.23. The first-order valence-corrected chi connectivity index (χ1v) is 10.0. The fraction of sp³-hybridized carbons (Fsp3) is 1.00. The van der Waals surface area contributed by atoms with Gasteiger partial charge >= 0.3 is 0 Å². The Labute approximate surface area is 146 Å². The molecule has 2 atom stereocenters. The second-order valence-electron chi connectivity index (χ2n) is 8.70. The van der Waals surface area contributed by atoms with E-state index in [2.05, 4.69) is 50.3 Å². The fourth-order valence-electron chi connectivity index (χ4n) is 3.34. The largest absolute Gasteiger partial charge is 0.314 e. The molecular formula is C20H43N3. The third-order valence-corrected chi connectivity index (χ3v) is 5.32. The highest BCUT2D eigenvalue weighted by molar-refractivity contribution is 4.80. The van der Waals surface area contributed by atoms with Crippen LogP contribution in [0.3, 0.4) is 0 Å². The van der Waals surface area contributed by atoms with Crippen molar-refractivity contribution in [2.45, 2.75) is 91.1 Å². The van der Waals surface area contributed by atoms with Crippen molar-refractivity contribution in [1.82, 2.24) is 15.5 Å². The van der Waals surface area contributed by atoms with E-state index in [1.54, 1.807) is 0 Å². The van der Waals surface area contributed by atoms with Crippen molar-refractivity contribution in [3.8, 4) is 0 Å². The molecule has 0 spiro atoms. The summed E-state index contributed by atoms with van der Waals surface area (Å²) in [5.41, 5.74) is 0.548. The smallest absolute Gasteiger partial charge is 0.00391 e. The van der Waals surface area contributed by atoms with Crippen LogP contribution < -0.4 is 10.6 Å². The monoisotopic (exact) mass is 325 g/mol. The molecule has 0 aromatic rings. The van der Waals surface area contributed by atoms with Gasteiger partial charge in [-0.3, -0.25) is 0 Å². The van der Waals surface area contributed by atoms with Crippen molar-refractivity contribution < 1.29 is 0 Å². The van der Waals surface area contributed by atoms with E-state index in [1.165, 1.54) is 77.5 Å². The standard InChI is InChI=1S/C8H17N.C7H15N.C5H11N/c1-7-4-5-8(2,3)6-9-7;1-8-6-4-2-3-5-7-8;1-5-3-2-4-6-5/h7,9H,4-6H2,1-3H3;2-7H2,1H3;5-6H,2-4H2,1H3. The third kappa shape index (κ3) is 11.1. The quantitative estimate of drug-likeness (QED) is 0.704. The Kier molecular flexibility index (Phi) is 10.4. The van der Waals surface area contributed by atoms with E-state index in [4.69, 9.17) is 0 Å². The Morgan fingerprint density at radius 1 is 0.826 bits per heavy atom. The molecule has 0 saturated carbocycles. The molecule has 138 valence electrons. The normalized spacial score (nSPS) is 31.2. The van der Waals surface area contributed by atoms with E-state index < -0.39 is 0 Å². The first-order valence-electron chi connectivity index (χ1n) is 10.0. The van der Waals surface area contributed by atoms with E-state index in [9.17, 15) is 0 Å². The van der Waals surface area contributed by atoms with Crippen LogP contribution in [0.5, 0.6) is 0 Å². The third-order valence-electron chi connectivity index (χ3n) is 5.32. The van der Waals surface area contributed by atoms with Crippen molar-refractivity contribution in [2.75, 3.05) is 33.2 Å². The molecule has 3 aliphatic heterocycles. The van der Waals surface area contributed by atoms with Crippen LogP contribution in [0.15, 0.2) is 0 Å². The molecule has 0 aliphatic carbocycles. The van der Waals surface area contributed by atoms with Gasteiger partial charge < -0.3 is 15.5 Å².